The Hall–Kier alpha value is -0.610. The highest BCUT2D eigenvalue weighted by Crippen LogP contribution is 2.26. The lowest BCUT2D eigenvalue weighted by atomic mass is 10.2. The van der Waals surface area contributed by atoms with E-state index in [1.54, 1.807) is 0 Å². The molecule has 0 heterocycles. The van der Waals surface area contributed by atoms with Crippen LogP contribution in [0.3, 0.4) is 0 Å². The number of rotatable bonds is 9. The maximum Gasteiger partial charge on any atom is 0.236 e. The van der Waals surface area contributed by atoms with Crippen LogP contribution in [-0.2, 0) is 4.79 Å². The molecular weight excluding hydrogens is 238 g/mol. The van der Waals surface area contributed by atoms with Gasteiger partial charge in [0, 0.05) is 37.8 Å². The van der Waals surface area contributed by atoms with Gasteiger partial charge < -0.3 is 10.2 Å². The predicted octanol–water partition coefficient (Wildman–Crippen LogP) is 1.71. The third kappa shape index (κ3) is 5.49. The lowest BCUT2D eigenvalue weighted by molar-refractivity contribution is -0.130. The van der Waals surface area contributed by atoms with Gasteiger partial charge in [-0.15, -0.1) is 0 Å². The molecule has 19 heavy (non-hydrogen) atoms. The van der Waals surface area contributed by atoms with Crippen LogP contribution in [0, 0.1) is 0 Å². The van der Waals surface area contributed by atoms with Crippen LogP contribution >= 0.6 is 0 Å². The summed E-state index contributed by atoms with van der Waals surface area (Å²) in [7, 11) is 0. The zero-order valence-electron chi connectivity index (χ0n) is 13.3. The lowest BCUT2D eigenvalue weighted by Crippen LogP contribution is -2.44. The van der Waals surface area contributed by atoms with Gasteiger partial charge in [-0.3, -0.25) is 9.69 Å². The molecule has 0 unspecified atom stereocenters. The summed E-state index contributed by atoms with van der Waals surface area (Å²) in [6, 6.07) is 1.63. The second kappa shape index (κ2) is 7.85. The normalized spacial score (nSPS) is 15.6. The number of amides is 1. The molecule has 0 aromatic carbocycles. The smallest absolute Gasteiger partial charge is 0.236 e. The van der Waals surface area contributed by atoms with Crippen LogP contribution in [0.2, 0.25) is 0 Å². The molecule has 1 rings (SSSR count). The van der Waals surface area contributed by atoms with Crippen molar-refractivity contribution in [2.75, 3.05) is 26.2 Å². The molecule has 4 nitrogen and oxygen atoms in total. The fraction of sp³-hybridized carbons (Fsp3) is 0.933. The summed E-state index contributed by atoms with van der Waals surface area (Å²) in [5.74, 6) is 0.255. The first-order valence-corrected chi connectivity index (χ1v) is 7.73. The summed E-state index contributed by atoms with van der Waals surface area (Å²) in [6.07, 6.45) is 2.38. The van der Waals surface area contributed by atoms with Crippen LogP contribution in [0.1, 0.15) is 47.5 Å². The number of hydrogen-bond donors (Lipinski definition) is 1. The topological polar surface area (TPSA) is 35.6 Å². The van der Waals surface area contributed by atoms with Crippen molar-refractivity contribution >= 4 is 5.91 Å². The Morgan fingerprint density at radius 3 is 2.21 bits per heavy atom. The number of nitrogens with one attached hydrogen (secondary N) is 1. The Morgan fingerprint density at radius 1 is 1.21 bits per heavy atom. The van der Waals surface area contributed by atoms with Crippen LogP contribution in [0.15, 0.2) is 0 Å². The van der Waals surface area contributed by atoms with E-state index in [9.17, 15) is 4.79 Å². The number of nitrogens with zero attached hydrogens (tertiary/aromatic N) is 2. The van der Waals surface area contributed by atoms with Gasteiger partial charge in [0.15, 0.2) is 0 Å². The van der Waals surface area contributed by atoms with Gasteiger partial charge in [0.1, 0.15) is 0 Å². The molecule has 1 aliphatic rings. The summed E-state index contributed by atoms with van der Waals surface area (Å²) in [5.41, 5.74) is 0. The molecule has 1 saturated carbocycles. The van der Waals surface area contributed by atoms with Gasteiger partial charge in [-0.25, -0.2) is 0 Å². The summed E-state index contributed by atoms with van der Waals surface area (Å²) in [5, 5.41) is 3.29. The number of carbonyl (C=O) groups excluding carboxylic acids is 1. The second-order valence-electron chi connectivity index (χ2n) is 6.01. The second-order valence-corrected chi connectivity index (χ2v) is 6.01. The van der Waals surface area contributed by atoms with Crippen molar-refractivity contribution in [1.82, 2.24) is 15.1 Å². The van der Waals surface area contributed by atoms with Crippen molar-refractivity contribution in [1.29, 1.82) is 0 Å². The number of carbonyl (C=O) groups is 1. The first-order chi connectivity index (χ1) is 8.97. The minimum atomic E-state index is 0.255. The van der Waals surface area contributed by atoms with Crippen LogP contribution in [-0.4, -0.2) is 60.0 Å². The van der Waals surface area contributed by atoms with Gasteiger partial charge in [0.2, 0.25) is 5.91 Å². The Bertz CT molecular complexity index is 267. The Balaban J connectivity index is 2.20. The fourth-order valence-corrected chi connectivity index (χ4v) is 2.64. The van der Waals surface area contributed by atoms with Gasteiger partial charge in [0.25, 0.3) is 0 Å². The van der Waals surface area contributed by atoms with Crippen molar-refractivity contribution in [2.45, 2.75) is 65.6 Å². The monoisotopic (exact) mass is 269 g/mol. The summed E-state index contributed by atoms with van der Waals surface area (Å²) in [6.45, 7) is 14.1. The lowest BCUT2D eigenvalue weighted by Gasteiger charge is -2.30. The molecule has 0 bridgehead atoms. The largest absolute Gasteiger partial charge is 0.339 e. The van der Waals surface area contributed by atoms with Crippen LogP contribution in [0.25, 0.3) is 0 Å². The SMILES string of the molecule is CCN(C(=O)CNCCN(C(C)C)C(C)C)C1CC1. The Morgan fingerprint density at radius 2 is 1.79 bits per heavy atom. The summed E-state index contributed by atoms with van der Waals surface area (Å²) >= 11 is 0. The number of likely N-dealkylation sites (N-methyl/N-ethyl adjacent to an activating group) is 1. The van der Waals surface area contributed by atoms with Crippen molar-refractivity contribution in [3.05, 3.63) is 0 Å². The fourth-order valence-electron chi connectivity index (χ4n) is 2.64. The highest BCUT2D eigenvalue weighted by molar-refractivity contribution is 5.78. The highest BCUT2D eigenvalue weighted by Gasteiger charge is 2.30. The quantitative estimate of drug-likeness (QED) is 0.647. The van der Waals surface area contributed by atoms with Gasteiger partial charge in [0.05, 0.1) is 6.54 Å². The first-order valence-electron chi connectivity index (χ1n) is 7.73. The summed E-state index contributed by atoms with van der Waals surface area (Å²) in [4.78, 5) is 16.5. The van der Waals surface area contributed by atoms with E-state index < -0.39 is 0 Å². The van der Waals surface area contributed by atoms with Crippen LogP contribution < -0.4 is 5.32 Å². The maximum atomic E-state index is 12.0. The van der Waals surface area contributed by atoms with E-state index in [-0.39, 0.29) is 5.91 Å². The zero-order valence-corrected chi connectivity index (χ0v) is 13.3. The van der Waals surface area contributed by atoms with Crippen molar-refractivity contribution in [3.63, 3.8) is 0 Å². The summed E-state index contributed by atoms with van der Waals surface area (Å²) < 4.78 is 0. The molecule has 0 aromatic rings. The number of hydrogen-bond acceptors (Lipinski definition) is 3. The minimum absolute atomic E-state index is 0.255. The van der Waals surface area contributed by atoms with Crippen molar-refractivity contribution in [3.8, 4) is 0 Å². The van der Waals surface area contributed by atoms with E-state index in [0.717, 1.165) is 19.6 Å². The highest BCUT2D eigenvalue weighted by atomic mass is 16.2. The van der Waals surface area contributed by atoms with Crippen molar-refractivity contribution < 1.29 is 4.79 Å². The van der Waals surface area contributed by atoms with Gasteiger partial charge in [-0.2, -0.15) is 0 Å². The Kier molecular flexibility index (Phi) is 6.80. The molecule has 1 fully saturated rings. The predicted molar refractivity (Wildman–Crippen MR) is 80.3 cm³/mol. The standard InChI is InChI=1S/C15H31N3O/c1-6-17(14-7-8-14)15(19)11-16-9-10-18(12(2)3)13(4)5/h12-14,16H,6-11H2,1-5H3. The molecule has 0 saturated heterocycles. The Labute approximate surface area is 118 Å². The van der Waals surface area contributed by atoms with E-state index >= 15 is 0 Å². The van der Waals surface area contributed by atoms with E-state index in [4.69, 9.17) is 0 Å². The van der Waals surface area contributed by atoms with Gasteiger partial charge in [-0.1, -0.05) is 0 Å². The molecule has 0 atom stereocenters. The molecule has 4 heteroatoms. The molecule has 1 amide bonds. The molecule has 1 aliphatic carbocycles. The van der Waals surface area contributed by atoms with E-state index in [0.29, 0.717) is 24.7 Å². The molecule has 0 spiro atoms. The average molecular weight is 269 g/mol. The van der Waals surface area contributed by atoms with Crippen molar-refractivity contribution in [2.24, 2.45) is 0 Å². The minimum Gasteiger partial charge on any atom is -0.339 e. The molecule has 1 N–H and O–H groups in total. The molecule has 112 valence electrons. The zero-order chi connectivity index (χ0) is 14.4. The third-order valence-corrected chi connectivity index (χ3v) is 3.80. The molecule has 0 radical (unpaired) electrons. The van der Waals surface area contributed by atoms with E-state index in [1.807, 2.05) is 4.90 Å². The molecule has 0 aromatic heterocycles. The van der Waals surface area contributed by atoms with Gasteiger partial charge >= 0.3 is 0 Å². The van der Waals surface area contributed by atoms with E-state index in [1.165, 1.54) is 12.8 Å². The van der Waals surface area contributed by atoms with Gasteiger partial charge in [-0.05, 0) is 47.5 Å². The van der Waals surface area contributed by atoms with Crippen LogP contribution in [0.4, 0.5) is 0 Å². The molecular formula is C15H31N3O. The average Bonchev–Trinajstić information content (AvgIpc) is 3.13. The van der Waals surface area contributed by atoms with Crippen LogP contribution in [0.5, 0.6) is 0 Å². The first kappa shape index (κ1) is 16.4. The molecule has 0 aliphatic heterocycles. The maximum absolute atomic E-state index is 12.0. The van der Waals surface area contributed by atoms with E-state index in [2.05, 4.69) is 44.8 Å². The third-order valence-electron chi connectivity index (χ3n) is 3.80.